The zero-order chi connectivity index (χ0) is 14.4. The molecule has 0 unspecified atom stereocenters. The zero-order valence-electron chi connectivity index (χ0n) is 11.8. The van der Waals surface area contributed by atoms with Gasteiger partial charge in [0, 0.05) is 18.3 Å². The third-order valence-corrected chi connectivity index (χ3v) is 2.91. The first kappa shape index (κ1) is 14.1. The van der Waals surface area contributed by atoms with Crippen LogP contribution in [-0.2, 0) is 6.54 Å². The molecule has 0 aliphatic rings. The van der Waals surface area contributed by atoms with E-state index < -0.39 is 0 Å². The number of aromatic nitrogens is 1. The topological polar surface area (TPSA) is 67.2 Å². The number of anilines is 1. The monoisotopic (exact) mass is 273 g/mol. The van der Waals surface area contributed by atoms with Crippen LogP contribution in [0.15, 0.2) is 35.1 Å². The van der Waals surface area contributed by atoms with Crippen molar-refractivity contribution in [2.24, 2.45) is 0 Å². The molecule has 0 aliphatic carbocycles. The number of carbonyl (C=O) groups excluding carboxylic acids is 1. The van der Waals surface area contributed by atoms with Crippen LogP contribution in [0.2, 0.25) is 0 Å². The van der Waals surface area contributed by atoms with Crippen molar-refractivity contribution in [3.63, 3.8) is 0 Å². The van der Waals surface area contributed by atoms with Crippen molar-refractivity contribution in [2.75, 3.05) is 11.9 Å². The van der Waals surface area contributed by atoms with Crippen molar-refractivity contribution in [3.05, 3.63) is 47.3 Å². The van der Waals surface area contributed by atoms with Crippen LogP contribution in [0.1, 0.15) is 35.0 Å². The molecule has 20 heavy (non-hydrogen) atoms. The number of amides is 1. The molecule has 2 rings (SSSR count). The van der Waals surface area contributed by atoms with E-state index in [4.69, 9.17) is 4.52 Å². The maximum absolute atomic E-state index is 12.3. The van der Waals surface area contributed by atoms with E-state index in [1.165, 1.54) is 6.26 Å². The summed E-state index contributed by atoms with van der Waals surface area (Å²) < 4.78 is 4.73. The summed E-state index contributed by atoms with van der Waals surface area (Å²) in [5.74, 6) is -0.115. The van der Waals surface area contributed by atoms with Crippen molar-refractivity contribution in [1.82, 2.24) is 10.5 Å². The molecule has 1 amide bonds. The van der Waals surface area contributed by atoms with E-state index in [1.54, 1.807) is 6.07 Å². The van der Waals surface area contributed by atoms with Crippen LogP contribution >= 0.6 is 0 Å². The van der Waals surface area contributed by atoms with Gasteiger partial charge >= 0.3 is 0 Å². The van der Waals surface area contributed by atoms with Crippen LogP contribution in [0, 0.1) is 6.92 Å². The summed E-state index contributed by atoms with van der Waals surface area (Å²) in [4.78, 5) is 12.3. The molecule has 0 fully saturated rings. The van der Waals surface area contributed by atoms with Gasteiger partial charge in [-0.15, -0.1) is 0 Å². The second kappa shape index (κ2) is 6.75. The number of carbonyl (C=O) groups is 1. The molecule has 2 N–H and O–H groups in total. The van der Waals surface area contributed by atoms with Crippen LogP contribution < -0.4 is 10.6 Å². The summed E-state index contributed by atoms with van der Waals surface area (Å²) in [7, 11) is 0. The third kappa shape index (κ3) is 3.60. The first-order chi connectivity index (χ1) is 9.70. The predicted octanol–water partition coefficient (Wildman–Crippen LogP) is 2.73. The molecular weight excluding hydrogens is 254 g/mol. The third-order valence-electron chi connectivity index (χ3n) is 2.91. The first-order valence-corrected chi connectivity index (χ1v) is 6.72. The van der Waals surface area contributed by atoms with Crippen LogP contribution in [-0.4, -0.2) is 17.6 Å². The Hall–Kier alpha value is -2.30. The fraction of sp³-hybridized carbons (Fsp3) is 0.333. The molecule has 0 saturated carbocycles. The molecule has 2 aromatic rings. The molecule has 0 aliphatic heterocycles. The average Bonchev–Trinajstić information content (AvgIpc) is 2.96. The van der Waals surface area contributed by atoms with Gasteiger partial charge in [-0.25, -0.2) is 0 Å². The van der Waals surface area contributed by atoms with Gasteiger partial charge in [0.25, 0.3) is 5.91 Å². The lowest BCUT2D eigenvalue weighted by Gasteiger charge is -2.12. The second-order valence-corrected chi connectivity index (χ2v) is 4.65. The van der Waals surface area contributed by atoms with Gasteiger partial charge in [-0.3, -0.25) is 4.79 Å². The summed E-state index contributed by atoms with van der Waals surface area (Å²) in [5.41, 5.74) is 3.27. The first-order valence-electron chi connectivity index (χ1n) is 6.72. The Morgan fingerprint density at radius 2 is 2.20 bits per heavy atom. The minimum Gasteiger partial charge on any atom is -0.384 e. The van der Waals surface area contributed by atoms with Crippen LogP contribution in [0.25, 0.3) is 0 Å². The van der Waals surface area contributed by atoms with E-state index in [2.05, 4.69) is 22.7 Å². The van der Waals surface area contributed by atoms with Crippen molar-refractivity contribution in [2.45, 2.75) is 26.8 Å². The van der Waals surface area contributed by atoms with Gasteiger partial charge < -0.3 is 15.2 Å². The quantitative estimate of drug-likeness (QED) is 0.849. The number of nitrogens with zero attached hydrogens (tertiary/aromatic N) is 1. The van der Waals surface area contributed by atoms with Gasteiger partial charge in [0.2, 0.25) is 0 Å². The minimum absolute atomic E-state index is 0.115. The summed E-state index contributed by atoms with van der Waals surface area (Å²) in [6, 6.07) is 7.55. The highest BCUT2D eigenvalue weighted by atomic mass is 16.5. The SMILES string of the molecule is CCCNc1ccc(C)cc1C(=O)NCc1ccon1. The van der Waals surface area contributed by atoms with Crippen LogP contribution in [0.5, 0.6) is 0 Å². The summed E-state index contributed by atoms with van der Waals surface area (Å²) in [6.07, 6.45) is 2.50. The van der Waals surface area contributed by atoms with E-state index in [9.17, 15) is 4.79 Å². The Kier molecular flexibility index (Phi) is 4.76. The second-order valence-electron chi connectivity index (χ2n) is 4.65. The van der Waals surface area contributed by atoms with E-state index in [0.717, 1.165) is 24.2 Å². The number of nitrogens with one attached hydrogen (secondary N) is 2. The van der Waals surface area contributed by atoms with Crippen LogP contribution in [0.4, 0.5) is 5.69 Å². The molecule has 5 nitrogen and oxygen atoms in total. The lowest BCUT2D eigenvalue weighted by atomic mass is 10.1. The van der Waals surface area contributed by atoms with Crippen molar-refractivity contribution in [1.29, 1.82) is 0 Å². The fourth-order valence-electron chi connectivity index (χ4n) is 1.85. The Bertz CT molecular complexity index is 565. The lowest BCUT2D eigenvalue weighted by Crippen LogP contribution is -2.24. The lowest BCUT2D eigenvalue weighted by molar-refractivity contribution is 0.0951. The Morgan fingerprint density at radius 1 is 1.35 bits per heavy atom. The molecular formula is C15H19N3O2. The Morgan fingerprint density at radius 3 is 2.90 bits per heavy atom. The predicted molar refractivity (Wildman–Crippen MR) is 77.6 cm³/mol. The maximum atomic E-state index is 12.3. The van der Waals surface area contributed by atoms with Gasteiger partial charge in [0.15, 0.2) is 0 Å². The summed E-state index contributed by atoms with van der Waals surface area (Å²) >= 11 is 0. The molecule has 0 atom stereocenters. The highest BCUT2D eigenvalue weighted by Gasteiger charge is 2.11. The van der Waals surface area contributed by atoms with E-state index in [-0.39, 0.29) is 5.91 Å². The number of hydrogen-bond acceptors (Lipinski definition) is 4. The van der Waals surface area contributed by atoms with Gasteiger partial charge in [-0.1, -0.05) is 23.7 Å². The summed E-state index contributed by atoms with van der Waals surface area (Å²) in [6.45, 7) is 5.26. The molecule has 5 heteroatoms. The summed E-state index contributed by atoms with van der Waals surface area (Å²) in [5, 5.41) is 9.88. The van der Waals surface area contributed by atoms with E-state index in [1.807, 2.05) is 25.1 Å². The maximum Gasteiger partial charge on any atom is 0.253 e. The molecule has 106 valence electrons. The van der Waals surface area contributed by atoms with Crippen molar-refractivity contribution in [3.8, 4) is 0 Å². The molecule has 0 saturated heterocycles. The highest BCUT2D eigenvalue weighted by molar-refractivity contribution is 5.99. The van der Waals surface area contributed by atoms with Crippen LogP contribution in [0.3, 0.4) is 0 Å². The van der Waals surface area contributed by atoms with E-state index >= 15 is 0 Å². The van der Waals surface area contributed by atoms with Crippen molar-refractivity contribution < 1.29 is 9.32 Å². The van der Waals surface area contributed by atoms with Crippen molar-refractivity contribution >= 4 is 11.6 Å². The fourth-order valence-corrected chi connectivity index (χ4v) is 1.85. The number of rotatable bonds is 6. The normalized spacial score (nSPS) is 10.3. The van der Waals surface area contributed by atoms with Gasteiger partial charge in [-0.05, 0) is 25.5 Å². The molecule has 1 heterocycles. The molecule has 1 aromatic heterocycles. The van der Waals surface area contributed by atoms with Gasteiger partial charge in [0.05, 0.1) is 12.1 Å². The molecule has 0 bridgehead atoms. The smallest absolute Gasteiger partial charge is 0.253 e. The molecule has 0 radical (unpaired) electrons. The molecule has 0 spiro atoms. The average molecular weight is 273 g/mol. The Balaban J connectivity index is 2.08. The zero-order valence-corrected chi connectivity index (χ0v) is 11.8. The number of aryl methyl sites for hydroxylation is 1. The van der Waals surface area contributed by atoms with E-state index in [0.29, 0.717) is 17.8 Å². The van der Waals surface area contributed by atoms with Gasteiger partial charge in [0.1, 0.15) is 12.0 Å². The number of hydrogen-bond donors (Lipinski definition) is 2. The Labute approximate surface area is 118 Å². The standard InChI is InChI=1S/C15H19N3O2/c1-3-7-16-14-5-4-11(2)9-13(14)15(19)17-10-12-6-8-20-18-12/h4-6,8-9,16H,3,7,10H2,1-2H3,(H,17,19). The largest absolute Gasteiger partial charge is 0.384 e. The minimum atomic E-state index is -0.115. The molecule has 1 aromatic carbocycles. The van der Waals surface area contributed by atoms with Gasteiger partial charge in [-0.2, -0.15) is 0 Å². The number of benzene rings is 1. The highest BCUT2D eigenvalue weighted by Crippen LogP contribution is 2.17.